The van der Waals surface area contributed by atoms with Crippen molar-refractivity contribution in [1.82, 2.24) is 10.2 Å². The van der Waals surface area contributed by atoms with Gasteiger partial charge in [-0.15, -0.1) is 24.0 Å². The number of rotatable bonds is 6. The molecule has 1 saturated carbocycles. The van der Waals surface area contributed by atoms with E-state index in [-0.39, 0.29) is 35.0 Å². The number of methoxy groups -OCH3 is 1. The van der Waals surface area contributed by atoms with E-state index in [2.05, 4.69) is 37.9 Å². The van der Waals surface area contributed by atoms with Gasteiger partial charge in [0.2, 0.25) is 0 Å². The van der Waals surface area contributed by atoms with Crippen molar-refractivity contribution in [1.29, 1.82) is 0 Å². The number of nitrogens with one attached hydrogen (secondary N) is 1. The van der Waals surface area contributed by atoms with Crippen LogP contribution in [0.5, 0.6) is 0 Å². The lowest BCUT2D eigenvalue weighted by molar-refractivity contribution is -0.177. The lowest BCUT2D eigenvalue weighted by Crippen LogP contribution is -2.69. The monoisotopic (exact) mass is 523 g/mol. The Morgan fingerprint density at radius 1 is 1.17 bits per heavy atom. The zero-order valence-electron chi connectivity index (χ0n) is 19.0. The van der Waals surface area contributed by atoms with Crippen LogP contribution in [-0.2, 0) is 14.2 Å². The summed E-state index contributed by atoms with van der Waals surface area (Å²) in [6, 6.07) is 0.389. The fourth-order valence-electron chi connectivity index (χ4n) is 4.68. The van der Waals surface area contributed by atoms with Crippen molar-refractivity contribution in [2.75, 3.05) is 40.0 Å². The maximum absolute atomic E-state index is 6.17. The van der Waals surface area contributed by atoms with Gasteiger partial charge in [0, 0.05) is 44.8 Å². The summed E-state index contributed by atoms with van der Waals surface area (Å²) in [5, 5.41) is 3.74. The van der Waals surface area contributed by atoms with Crippen LogP contribution in [0, 0.1) is 5.41 Å². The van der Waals surface area contributed by atoms with Crippen molar-refractivity contribution in [3.8, 4) is 0 Å². The highest BCUT2D eigenvalue weighted by Crippen LogP contribution is 2.51. The Hall–Kier alpha value is -0.120. The Kier molecular flexibility index (Phi) is 9.50. The van der Waals surface area contributed by atoms with Crippen LogP contribution in [0.1, 0.15) is 66.2 Å². The maximum atomic E-state index is 6.17. The topological polar surface area (TPSA) is 55.3 Å². The number of ether oxygens (including phenoxy) is 3. The average molecular weight is 524 g/mol. The fraction of sp³-hybridized carbons (Fsp3) is 0.955. The van der Waals surface area contributed by atoms with E-state index >= 15 is 0 Å². The van der Waals surface area contributed by atoms with E-state index in [4.69, 9.17) is 19.2 Å². The van der Waals surface area contributed by atoms with Crippen molar-refractivity contribution in [3.63, 3.8) is 0 Å². The minimum atomic E-state index is -0.0655. The van der Waals surface area contributed by atoms with E-state index in [0.29, 0.717) is 18.2 Å². The van der Waals surface area contributed by atoms with Crippen LogP contribution < -0.4 is 5.32 Å². The number of guanidine groups is 1. The molecule has 0 bridgehead atoms. The molecule has 0 aromatic heterocycles. The van der Waals surface area contributed by atoms with Gasteiger partial charge in [-0.2, -0.15) is 0 Å². The molecule has 1 N–H and O–H groups in total. The molecule has 3 rings (SSSR count). The average Bonchev–Trinajstić information content (AvgIpc) is 2.72. The number of aliphatic imine (C=N–C) groups is 1. The molecule has 3 atom stereocenters. The molecule has 0 spiro atoms. The van der Waals surface area contributed by atoms with Crippen LogP contribution in [0.25, 0.3) is 0 Å². The third-order valence-corrected chi connectivity index (χ3v) is 7.42. The second-order valence-corrected chi connectivity index (χ2v) is 9.36. The fourth-order valence-corrected chi connectivity index (χ4v) is 4.68. The van der Waals surface area contributed by atoms with Gasteiger partial charge in [0.25, 0.3) is 0 Å². The molecule has 3 aliphatic rings. The molecule has 3 unspecified atom stereocenters. The highest BCUT2D eigenvalue weighted by Gasteiger charge is 2.58. The summed E-state index contributed by atoms with van der Waals surface area (Å²) in [5.74, 6) is 1.05. The standard InChI is InChI=1S/C22H41N3O3.HI/c1-6-23-20(24-19-15-22(4,26-5)21(19,2)3)25-12-10-17(11-13-25)28-16-18-9-7-8-14-27-18;/h17-19H,6-16H2,1-5H3,(H,23,24);1H. The van der Waals surface area contributed by atoms with Gasteiger partial charge < -0.3 is 24.4 Å². The summed E-state index contributed by atoms with van der Waals surface area (Å²) in [5.41, 5.74) is 0.0156. The van der Waals surface area contributed by atoms with Crippen LogP contribution >= 0.6 is 24.0 Å². The molecule has 0 aromatic carbocycles. The Morgan fingerprint density at radius 3 is 2.45 bits per heavy atom. The van der Waals surface area contributed by atoms with Gasteiger partial charge in [0.1, 0.15) is 0 Å². The van der Waals surface area contributed by atoms with Gasteiger partial charge in [-0.25, -0.2) is 0 Å². The lowest BCUT2D eigenvalue weighted by Gasteiger charge is -2.59. The van der Waals surface area contributed by atoms with E-state index in [1.807, 2.05) is 7.11 Å². The first-order valence-corrected chi connectivity index (χ1v) is 11.2. The molecule has 170 valence electrons. The lowest BCUT2D eigenvalue weighted by atomic mass is 9.56. The van der Waals surface area contributed by atoms with Crippen LogP contribution in [-0.4, -0.2) is 74.7 Å². The quantitative estimate of drug-likeness (QED) is 0.326. The van der Waals surface area contributed by atoms with Crippen LogP contribution in [0.3, 0.4) is 0 Å². The smallest absolute Gasteiger partial charge is 0.194 e. The number of hydrogen-bond acceptors (Lipinski definition) is 4. The minimum Gasteiger partial charge on any atom is -0.378 e. The van der Waals surface area contributed by atoms with E-state index < -0.39 is 0 Å². The Morgan fingerprint density at radius 2 is 1.90 bits per heavy atom. The Bertz CT molecular complexity index is 531. The molecule has 6 nitrogen and oxygen atoms in total. The molecule has 2 aliphatic heterocycles. The third kappa shape index (κ3) is 5.77. The molecule has 2 saturated heterocycles. The molecule has 0 aromatic rings. The second kappa shape index (κ2) is 11.0. The summed E-state index contributed by atoms with van der Waals surface area (Å²) >= 11 is 0. The van der Waals surface area contributed by atoms with Crippen molar-refractivity contribution in [2.45, 2.75) is 90.1 Å². The molecule has 3 fully saturated rings. The van der Waals surface area contributed by atoms with Crippen molar-refractivity contribution in [2.24, 2.45) is 10.4 Å². The Labute approximate surface area is 194 Å². The number of hydrogen-bond donors (Lipinski definition) is 1. The molecular weight excluding hydrogens is 481 g/mol. The van der Waals surface area contributed by atoms with Crippen LogP contribution in [0.15, 0.2) is 4.99 Å². The molecule has 0 amide bonds. The first-order valence-electron chi connectivity index (χ1n) is 11.2. The van der Waals surface area contributed by atoms with Gasteiger partial charge >= 0.3 is 0 Å². The highest BCUT2D eigenvalue weighted by molar-refractivity contribution is 14.0. The van der Waals surface area contributed by atoms with Gasteiger partial charge in [0.05, 0.1) is 24.4 Å². The van der Waals surface area contributed by atoms with E-state index in [1.54, 1.807) is 0 Å². The summed E-state index contributed by atoms with van der Waals surface area (Å²) in [6.07, 6.45) is 7.40. The molecule has 29 heavy (non-hydrogen) atoms. The van der Waals surface area contributed by atoms with Crippen molar-refractivity contribution < 1.29 is 14.2 Å². The Balaban J connectivity index is 0.00000300. The summed E-state index contributed by atoms with van der Waals surface area (Å²) in [7, 11) is 1.82. The number of halogens is 1. The first-order chi connectivity index (χ1) is 13.4. The number of nitrogens with zero attached hydrogens (tertiary/aromatic N) is 2. The van der Waals surface area contributed by atoms with Gasteiger partial charge in [0.15, 0.2) is 5.96 Å². The normalized spacial score (nSPS) is 33.0. The van der Waals surface area contributed by atoms with Gasteiger partial charge in [-0.05, 0) is 52.4 Å². The number of likely N-dealkylation sites (tertiary alicyclic amines) is 1. The SMILES string of the molecule is CCN=C(NC1CC(C)(OC)C1(C)C)N1CCC(OCC2CCCCO2)CC1.I. The van der Waals surface area contributed by atoms with E-state index in [9.17, 15) is 0 Å². The largest absolute Gasteiger partial charge is 0.378 e. The molecule has 7 heteroatoms. The van der Waals surface area contributed by atoms with E-state index in [0.717, 1.165) is 64.5 Å². The molecule has 1 aliphatic carbocycles. The predicted octanol–water partition coefficient (Wildman–Crippen LogP) is 3.82. The third-order valence-electron chi connectivity index (χ3n) is 7.42. The second-order valence-electron chi connectivity index (χ2n) is 9.36. The van der Waals surface area contributed by atoms with Crippen LogP contribution in [0.4, 0.5) is 0 Å². The first kappa shape index (κ1) is 25.1. The van der Waals surface area contributed by atoms with Crippen molar-refractivity contribution >= 4 is 29.9 Å². The van der Waals surface area contributed by atoms with Crippen molar-refractivity contribution in [3.05, 3.63) is 0 Å². The van der Waals surface area contributed by atoms with Gasteiger partial charge in [-0.3, -0.25) is 4.99 Å². The number of piperidine rings is 1. The molecule has 0 radical (unpaired) electrons. The predicted molar refractivity (Wildman–Crippen MR) is 128 cm³/mol. The minimum absolute atomic E-state index is 0. The van der Waals surface area contributed by atoms with Gasteiger partial charge in [-0.1, -0.05) is 13.8 Å². The highest BCUT2D eigenvalue weighted by atomic mass is 127. The summed E-state index contributed by atoms with van der Waals surface area (Å²) in [6.45, 7) is 13.3. The zero-order valence-corrected chi connectivity index (χ0v) is 21.4. The summed E-state index contributed by atoms with van der Waals surface area (Å²) in [4.78, 5) is 7.18. The molecule has 2 heterocycles. The maximum Gasteiger partial charge on any atom is 0.194 e. The van der Waals surface area contributed by atoms with E-state index in [1.165, 1.54) is 12.8 Å². The zero-order chi connectivity index (χ0) is 20.2. The molecular formula is C22H42IN3O3. The van der Waals surface area contributed by atoms with Crippen LogP contribution in [0.2, 0.25) is 0 Å². The summed E-state index contributed by atoms with van der Waals surface area (Å²) < 4.78 is 17.7.